The molecule has 1 rings (SSSR count). The summed E-state index contributed by atoms with van der Waals surface area (Å²) in [5.41, 5.74) is 0.0345. The maximum absolute atomic E-state index is 13.2. The van der Waals surface area contributed by atoms with Crippen LogP contribution >= 0.6 is 0 Å². The van der Waals surface area contributed by atoms with Gasteiger partial charge in [-0.2, -0.15) is 0 Å². The highest BCUT2D eigenvalue weighted by Gasteiger charge is 2.19. The summed E-state index contributed by atoms with van der Waals surface area (Å²) in [6.45, 7) is 2.29. The zero-order chi connectivity index (χ0) is 16.0. The van der Waals surface area contributed by atoms with E-state index >= 15 is 0 Å². The summed E-state index contributed by atoms with van der Waals surface area (Å²) in [6.07, 6.45) is 1.40. The SMILES string of the molecule is CCNC(=O)CCCN(c1ccc(F)c(F)c1)S(C)(=O)=O. The Morgan fingerprint density at radius 2 is 1.95 bits per heavy atom. The first kappa shape index (κ1) is 17.4. The number of halogens is 2. The van der Waals surface area contributed by atoms with Gasteiger partial charge in [-0.3, -0.25) is 9.10 Å². The van der Waals surface area contributed by atoms with Crippen molar-refractivity contribution in [2.24, 2.45) is 0 Å². The van der Waals surface area contributed by atoms with Crippen molar-refractivity contribution in [3.05, 3.63) is 29.8 Å². The van der Waals surface area contributed by atoms with Crippen LogP contribution in [-0.2, 0) is 14.8 Å². The molecule has 1 aromatic rings. The van der Waals surface area contributed by atoms with Gasteiger partial charge in [0.15, 0.2) is 11.6 Å². The van der Waals surface area contributed by atoms with Gasteiger partial charge in [-0.05, 0) is 25.5 Å². The Kier molecular flexibility index (Phi) is 6.07. The van der Waals surface area contributed by atoms with Gasteiger partial charge in [0, 0.05) is 25.6 Å². The minimum Gasteiger partial charge on any atom is -0.356 e. The lowest BCUT2D eigenvalue weighted by Gasteiger charge is -2.22. The zero-order valence-electron chi connectivity index (χ0n) is 11.9. The van der Waals surface area contributed by atoms with Crippen LogP contribution in [0.2, 0.25) is 0 Å². The molecule has 0 aliphatic heterocycles. The number of hydrogen-bond donors (Lipinski definition) is 1. The fourth-order valence-electron chi connectivity index (χ4n) is 1.80. The highest BCUT2D eigenvalue weighted by Crippen LogP contribution is 2.21. The summed E-state index contributed by atoms with van der Waals surface area (Å²) in [5, 5.41) is 2.60. The predicted molar refractivity (Wildman–Crippen MR) is 76.5 cm³/mol. The smallest absolute Gasteiger partial charge is 0.232 e. The number of nitrogens with one attached hydrogen (secondary N) is 1. The number of carbonyl (C=O) groups is 1. The predicted octanol–water partition coefficient (Wildman–Crippen LogP) is 1.65. The number of hydrogen-bond acceptors (Lipinski definition) is 3. The fourth-order valence-corrected chi connectivity index (χ4v) is 2.75. The number of rotatable bonds is 7. The molecule has 0 aliphatic carbocycles. The topological polar surface area (TPSA) is 66.5 Å². The van der Waals surface area contributed by atoms with Crippen molar-refractivity contribution in [3.8, 4) is 0 Å². The Morgan fingerprint density at radius 1 is 1.29 bits per heavy atom. The van der Waals surface area contributed by atoms with Crippen LogP contribution < -0.4 is 9.62 Å². The second kappa shape index (κ2) is 7.35. The average molecular weight is 320 g/mol. The molecule has 1 amide bonds. The third-order valence-electron chi connectivity index (χ3n) is 2.73. The van der Waals surface area contributed by atoms with E-state index in [1.54, 1.807) is 6.92 Å². The van der Waals surface area contributed by atoms with Crippen LogP contribution in [0.15, 0.2) is 18.2 Å². The third kappa shape index (κ3) is 5.30. The monoisotopic (exact) mass is 320 g/mol. The molecule has 21 heavy (non-hydrogen) atoms. The van der Waals surface area contributed by atoms with Crippen LogP contribution in [0.5, 0.6) is 0 Å². The van der Waals surface area contributed by atoms with E-state index in [1.165, 1.54) is 6.07 Å². The lowest BCUT2D eigenvalue weighted by molar-refractivity contribution is -0.121. The Hall–Kier alpha value is -1.70. The van der Waals surface area contributed by atoms with Crippen molar-refractivity contribution in [1.29, 1.82) is 0 Å². The lowest BCUT2D eigenvalue weighted by atomic mass is 10.2. The second-order valence-corrected chi connectivity index (χ2v) is 6.40. The Morgan fingerprint density at radius 3 is 2.48 bits per heavy atom. The van der Waals surface area contributed by atoms with E-state index in [1.807, 2.05) is 0 Å². The molecule has 0 bridgehead atoms. The standard InChI is InChI=1S/C13H18F2N2O3S/c1-3-16-13(18)5-4-8-17(21(2,19)20)10-6-7-11(14)12(15)9-10/h6-7,9H,3-5,8H2,1-2H3,(H,16,18). The molecule has 0 unspecified atom stereocenters. The average Bonchev–Trinajstić information content (AvgIpc) is 2.37. The van der Waals surface area contributed by atoms with Crippen molar-refractivity contribution in [1.82, 2.24) is 5.32 Å². The van der Waals surface area contributed by atoms with E-state index in [2.05, 4.69) is 5.32 Å². The summed E-state index contributed by atoms with van der Waals surface area (Å²) in [7, 11) is -3.65. The molecular weight excluding hydrogens is 302 g/mol. The minimum atomic E-state index is -3.65. The molecule has 0 heterocycles. The van der Waals surface area contributed by atoms with E-state index in [-0.39, 0.29) is 31.0 Å². The fraction of sp³-hybridized carbons (Fsp3) is 0.462. The third-order valence-corrected chi connectivity index (χ3v) is 3.92. The maximum atomic E-state index is 13.2. The van der Waals surface area contributed by atoms with Crippen molar-refractivity contribution in [3.63, 3.8) is 0 Å². The van der Waals surface area contributed by atoms with E-state index < -0.39 is 21.7 Å². The molecule has 0 saturated heterocycles. The lowest BCUT2D eigenvalue weighted by Crippen LogP contribution is -2.32. The van der Waals surface area contributed by atoms with E-state index in [4.69, 9.17) is 0 Å². The quantitative estimate of drug-likeness (QED) is 0.831. The number of anilines is 1. The van der Waals surface area contributed by atoms with Gasteiger partial charge >= 0.3 is 0 Å². The van der Waals surface area contributed by atoms with Crippen molar-refractivity contribution in [2.45, 2.75) is 19.8 Å². The molecule has 1 aromatic carbocycles. The molecule has 0 spiro atoms. The van der Waals surface area contributed by atoms with Gasteiger partial charge in [-0.25, -0.2) is 17.2 Å². The summed E-state index contributed by atoms with van der Waals surface area (Å²) < 4.78 is 50.6. The number of sulfonamides is 1. The van der Waals surface area contributed by atoms with Crippen LogP contribution in [0.25, 0.3) is 0 Å². The molecule has 1 N–H and O–H groups in total. The Bertz CT molecular complexity index is 605. The molecule has 0 fully saturated rings. The first-order valence-corrected chi connectivity index (χ1v) is 8.30. The highest BCUT2D eigenvalue weighted by atomic mass is 32.2. The first-order valence-electron chi connectivity index (χ1n) is 6.45. The largest absolute Gasteiger partial charge is 0.356 e. The van der Waals surface area contributed by atoms with Crippen LogP contribution in [0, 0.1) is 11.6 Å². The molecule has 118 valence electrons. The summed E-state index contributed by atoms with van der Waals surface area (Å²) in [5.74, 6) is -2.35. The van der Waals surface area contributed by atoms with Crippen LogP contribution in [0.4, 0.5) is 14.5 Å². The molecule has 0 saturated carbocycles. The van der Waals surface area contributed by atoms with Gasteiger partial charge in [0.2, 0.25) is 15.9 Å². The number of benzene rings is 1. The van der Waals surface area contributed by atoms with Gasteiger partial charge in [0.25, 0.3) is 0 Å². The van der Waals surface area contributed by atoms with Crippen LogP contribution in [-0.4, -0.2) is 33.7 Å². The molecule has 5 nitrogen and oxygen atoms in total. The van der Waals surface area contributed by atoms with Crippen molar-refractivity contribution < 1.29 is 22.0 Å². The van der Waals surface area contributed by atoms with Crippen molar-refractivity contribution >= 4 is 21.6 Å². The number of carbonyl (C=O) groups excluding carboxylic acids is 1. The summed E-state index contributed by atoms with van der Waals surface area (Å²) in [6, 6.07) is 2.88. The molecule has 8 heteroatoms. The van der Waals surface area contributed by atoms with Crippen molar-refractivity contribution in [2.75, 3.05) is 23.7 Å². The molecule has 0 aromatic heterocycles. The van der Waals surface area contributed by atoms with Gasteiger partial charge in [-0.15, -0.1) is 0 Å². The molecule has 0 radical (unpaired) electrons. The van der Waals surface area contributed by atoms with Gasteiger partial charge in [0.1, 0.15) is 0 Å². The normalized spacial score (nSPS) is 11.2. The second-order valence-electron chi connectivity index (χ2n) is 4.49. The van der Waals surface area contributed by atoms with Gasteiger partial charge in [0.05, 0.1) is 11.9 Å². The summed E-state index contributed by atoms with van der Waals surface area (Å²) in [4.78, 5) is 11.3. The van der Waals surface area contributed by atoms with Crippen LogP contribution in [0.3, 0.4) is 0 Å². The van der Waals surface area contributed by atoms with E-state index in [9.17, 15) is 22.0 Å². The zero-order valence-corrected chi connectivity index (χ0v) is 12.7. The number of nitrogens with zero attached hydrogens (tertiary/aromatic N) is 1. The maximum Gasteiger partial charge on any atom is 0.232 e. The molecular formula is C13H18F2N2O3S. The molecule has 0 atom stereocenters. The molecule has 0 aliphatic rings. The minimum absolute atomic E-state index is 0.0149. The van der Waals surface area contributed by atoms with Gasteiger partial charge < -0.3 is 5.32 Å². The van der Waals surface area contributed by atoms with E-state index in [0.717, 1.165) is 22.7 Å². The Labute approximate surface area is 123 Å². The van der Waals surface area contributed by atoms with Crippen LogP contribution in [0.1, 0.15) is 19.8 Å². The number of amides is 1. The summed E-state index contributed by atoms with van der Waals surface area (Å²) >= 11 is 0. The van der Waals surface area contributed by atoms with E-state index in [0.29, 0.717) is 6.54 Å². The first-order chi connectivity index (χ1) is 9.75. The van der Waals surface area contributed by atoms with Gasteiger partial charge in [-0.1, -0.05) is 0 Å². The Balaban J connectivity index is 2.82. The highest BCUT2D eigenvalue weighted by molar-refractivity contribution is 7.92.